The zero-order chi connectivity index (χ0) is 12.7. The second-order valence-corrected chi connectivity index (χ2v) is 6.97. The number of thioether (sulfide) groups is 1. The smallest absolute Gasteiger partial charge is 0.161 e. The molecule has 1 heterocycles. The van der Waals surface area contributed by atoms with E-state index in [2.05, 4.69) is 23.5 Å². The fraction of sp³-hybridized carbons (Fsp3) is 0.562. The van der Waals surface area contributed by atoms with Gasteiger partial charge in [0.2, 0.25) is 0 Å². The van der Waals surface area contributed by atoms with E-state index in [1.807, 2.05) is 11.8 Å². The van der Waals surface area contributed by atoms with E-state index in [1.54, 1.807) is 5.56 Å². The van der Waals surface area contributed by atoms with Crippen LogP contribution in [-0.4, -0.2) is 17.0 Å². The van der Waals surface area contributed by atoms with E-state index in [1.165, 1.54) is 55.5 Å². The number of nitrogens with one attached hydrogen (secondary N) is 1. The number of benzene rings is 1. The van der Waals surface area contributed by atoms with Crippen molar-refractivity contribution in [1.29, 1.82) is 0 Å². The van der Waals surface area contributed by atoms with Crippen molar-refractivity contribution in [3.63, 3.8) is 0 Å². The minimum Gasteiger partial charge on any atom is -0.335 e. The number of hydrogen-bond acceptors (Lipinski definition) is 3. The van der Waals surface area contributed by atoms with Crippen molar-refractivity contribution in [2.75, 3.05) is 11.1 Å². The van der Waals surface area contributed by atoms with E-state index >= 15 is 0 Å². The zero-order valence-corrected chi connectivity index (χ0v) is 12.0. The Hall–Kier alpha value is -0.960. The van der Waals surface area contributed by atoms with Crippen LogP contribution in [0.1, 0.15) is 36.8 Å². The maximum absolute atomic E-state index is 4.90. The van der Waals surface area contributed by atoms with Gasteiger partial charge in [0.05, 0.1) is 6.04 Å². The molecule has 19 heavy (non-hydrogen) atoms. The van der Waals surface area contributed by atoms with Crippen LogP contribution in [0.5, 0.6) is 0 Å². The number of fused-ring (bicyclic) bond motifs is 2. The van der Waals surface area contributed by atoms with Gasteiger partial charge in [-0.3, -0.25) is 4.99 Å². The average molecular weight is 272 g/mol. The number of hydrogen-bond donors (Lipinski definition) is 1. The van der Waals surface area contributed by atoms with Crippen LogP contribution in [0.4, 0.5) is 5.69 Å². The average Bonchev–Trinajstić information content (AvgIpc) is 3.05. The van der Waals surface area contributed by atoms with E-state index in [0.717, 1.165) is 11.1 Å². The van der Waals surface area contributed by atoms with Crippen molar-refractivity contribution in [1.82, 2.24) is 0 Å². The number of nitrogens with zero attached hydrogens (tertiary/aromatic N) is 1. The molecule has 4 rings (SSSR count). The third-order valence-corrected chi connectivity index (χ3v) is 5.76. The highest BCUT2D eigenvalue weighted by molar-refractivity contribution is 8.14. The summed E-state index contributed by atoms with van der Waals surface area (Å²) in [6.45, 7) is 0. The van der Waals surface area contributed by atoms with Gasteiger partial charge in [-0.1, -0.05) is 24.2 Å². The monoisotopic (exact) mass is 272 g/mol. The molecule has 2 aliphatic carbocycles. The van der Waals surface area contributed by atoms with E-state index in [4.69, 9.17) is 4.99 Å². The van der Waals surface area contributed by atoms with Gasteiger partial charge in [0.15, 0.2) is 5.17 Å². The summed E-state index contributed by atoms with van der Waals surface area (Å²) in [5.41, 5.74) is 4.30. The van der Waals surface area contributed by atoms with Gasteiger partial charge in [0.1, 0.15) is 0 Å². The second kappa shape index (κ2) is 4.86. The SMILES string of the molecule is c1cc2c(cc1NC1=NC3CCCC3CS1)CCC2. The Morgan fingerprint density at radius 1 is 1.11 bits per heavy atom. The summed E-state index contributed by atoms with van der Waals surface area (Å²) >= 11 is 1.91. The van der Waals surface area contributed by atoms with Crippen molar-refractivity contribution in [2.45, 2.75) is 44.6 Å². The van der Waals surface area contributed by atoms with Crippen LogP contribution >= 0.6 is 11.8 Å². The Morgan fingerprint density at radius 2 is 2.05 bits per heavy atom. The molecule has 3 aliphatic rings. The zero-order valence-electron chi connectivity index (χ0n) is 11.2. The maximum atomic E-state index is 4.90. The molecule has 0 spiro atoms. The summed E-state index contributed by atoms with van der Waals surface area (Å²) in [6.07, 6.45) is 7.86. The molecule has 0 radical (unpaired) electrons. The summed E-state index contributed by atoms with van der Waals surface area (Å²) in [6, 6.07) is 7.43. The molecule has 1 saturated carbocycles. The van der Waals surface area contributed by atoms with Crippen LogP contribution < -0.4 is 5.32 Å². The fourth-order valence-electron chi connectivity index (χ4n) is 3.60. The number of aryl methyl sites for hydroxylation is 2. The predicted molar refractivity (Wildman–Crippen MR) is 83.1 cm³/mol. The summed E-state index contributed by atoms with van der Waals surface area (Å²) in [4.78, 5) is 4.90. The lowest BCUT2D eigenvalue weighted by molar-refractivity contribution is 0.535. The highest BCUT2D eigenvalue weighted by atomic mass is 32.2. The largest absolute Gasteiger partial charge is 0.335 e. The minimum absolute atomic E-state index is 0.596. The molecule has 2 atom stereocenters. The normalized spacial score (nSPS) is 28.7. The molecule has 1 aromatic rings. The van der Waals surface area contributed by atoms with Crippen LogP contribution in [0, 0.1) is 5.92 Å². The maximum Gasteiger partial charge on any atom is 0.161 e. The van der Waals surface area contributed by atoms with Crippen molar-refractivity contribution >= 4 is 22.6 Å². The molecule has 2 unspecified atom stereocenters. The lowest BCUT2D eigenvalue weighted by atomic mass is 10.1. The van der Waals surface area contributed by atoms with Crippen molar-refractivity contribution in [2.24, 2.45) is 10.9 Å². The van der Waals surface area contributed by atoms with Gasteiger partial charge in [0, 0.05) is 11.4 Å². The van der Waals surface area contributed by atoms with Crippen LogP contribution in [0.2, 0.25) is 0 Å². The van der Waals surface area contributed by atoms with Gasteiger partial charge in [-0.05, 0) is 61.3 Å². The minimum atomic E-state index is 0.596. The number of anilines is 1. The number of aliphatic imine (C=N–C) groups is 1. The Bertz CT molecular complexity index is 523. The molecule has 1 aromatic carbocycles. The molecule has 1 fully saturated rings. The van der Waals surface area contributed by atoms with Gasteiger partial charge in [-0.2, -0.15) is 0 Å². The van der Waals surface area contributed by atoms with Gasteiger partial charge < -0.3 is 5.32 Å². The lowest BCUT2D eigenvalue weighted by Crippen LogP contribution is -2.25. The van der Waals surface area contributed by atoms with E-state index in [9.17, 15) is 0 Å². The van der Waals surface area contributed by atoms with Gasteiger partial charge in [0.25, 0.3) is 0 Å². The van der Waals surface area contributed by atoms with Gasteiger partial charge in [-0.15, -0.1) is 0 Å². The Balaban J connectivity index is 1.52. The Labute approximate surface area is 119 Å². The third-order valence-electron chi connectivity index (χ3n) is 4.69. The standard InChI is InChI=1S/C16H20N2S/c1-3-11-7-8-14(9-12(11)4-1)17-16-18-15-6-2-5-13(15)10-19-16/h7-9,13,15H,1-6,10H2,(H,17,18). The highest BCUT2D eigenvalue weighted by Gasteiger charge is 2.30. The third kappa shape index (κ3) is 2.29. The van der Waals surface area contributed by atoms with Crippen molar-refractivity contribution in [3.8, 4) is 0 Å². The summed E-state index contributed by atoms with van der Waals surface area (Å²) < 4.78 is 0. The van der Waals surface area contributed by atoms with Crippen LogP contribution in [0.3, 0.4) is 0 Å². The molecule has 100 valence electrons. The first kappa shape index (κ1) is 11.8. The molecular formula is C16H20N2S. The van der Waals surface area contributed by atoms with Crippen LogP contribution in [-0.2, 0) is 12.8 Å². The molecule has 1 N–H and O–H groups in total. The van der Waals surface area contributed by atoms with Crippen LogP contribution in [0.25, 0.3) is 0 Å². The number of amidine groups is 1. The first-order chi connectivity index (χ1) is 9.38. The first-order valence-electron chi connectivity index (χ1n) is 7.48. The highest BCUT2D eigenvalue weighted by Crippen LogP contribution is 2.36. The molecule has 0 aromatic heterocycles. The second-order valence-electron chi connectivity index (χ2n) is 5.97. The Kier molecular flexibility index (Phi) is 3.03. The summed E-state index contributed by atoms with van der Waals surface area (Å²) in [7, 11) is 0. The quantitative estimate of drug-likeness (QED) is 0.839. The molecule has 0 saturated heterocycles. The van der Waals surface area contributed by atoms with Gasteiger partial charge >= 0.3 is 0 Å². The van der Waals surface area contributed by atoms with Crippen molar-refractivity contribution in [3.05, 3.63) is 29.3 Å². The van der Waals surface area contributed by atoms with E-state index in [0.29, 0.717) is 6.04 Å². The van der Waals surface area contributed by atoms with E-state index < -0.39 is 0 Å². The summed E-state index contributed by atoms with van der Waals surface area (Å²) in [5.74, 6) is 2.09. The lowest BCUT2D eigenvalue weighted by Gasteiger charge is -2.23. The predicted octanol–water partition coefficient (Wildman–Crippen LogP) is 3.86. The van der Waals surface area contributed by atoms with Gasteiger partial charge in [-0.25, -0.2) is 0 Å². The number of rotatable bonds is 1. The Morgan fingerprint density at radius 3 is 3.05 bits per heavy atom. The molecule has 0 amide bonds. The molecular weight excluding hydrogens is 252 g/mol. The van der Waals surface area contributed by atoms with E-state index in [-0.39, 0.29) is 0 Å². The molecule has 2 nitrogen and oxygen atoms in total. The van der Waals surface area contributed by atoms with Crippen molar-refractivity contribution < 1.29 is 0 Å². The molecule has 1 aliphatic heterocycles. The first-order valence-corrected chi connectivity index (χ1v) is 8.46. The fourth-order valence-corrected chi connectivity index (χ4v) is 4.76. The molecule has 0 bridgehead atoms. The van der Waals surface area contributed by atoms with Crippen LogP contribution in [0.15, 0.2) is 23.2 Å². The molecule has 3 heteroatoms. The summed E-state index contributed by atoms with van der Waals surface area (Å²) in [5, 5.41) is 4.68. The topological polar surface area (TPSA) is 24.4 Å².